The Labute approximate surface area is 130 Å². The molecule has 0 spiro atoms. The number of carboxylic acid groups (broad SMARTS) is 1. The second kappa shape index (κ2) is 7.27. The number of carbonyl (C=O) groups is 2. The van der Waals surface area contributed by atoms with Gasteiger partial charge in [0.1, 0.15) is 11.6 Å². The molecule has 2 aliphatic heterocycles. The molecule has 1 N–H and O–H groups in total. The van der Waals surface area contributed by atoms with Crippen molar-refractivity contribution in [2.75, 3.05) is 46.3 Å². The van der Waals surface area contributed by atoms with E-state index in [0.29, 0.717) is 25.9 Å². The Bertz CT molecular complexity index is 495. The fourth-order valence-corrected chi connectivity index (χ4v) is 2.77. The summed E-state index contributed by atoms with van der Waals surface area (Å²) >= 11 is 0. The van der Waals surface area contributed by atoms with Gasteiger partial charge in [-0.25, -0.2) is 0 Å². The molecule has 2 rings (SSSR count). The van der Waals surface area contributed by atoms with E-state index in [4.69, 9.17) is 5.11 Å². The molecule has 7 heteroatoms. The Morgan fingerprint density at radius 2 is 1.73 bits per heavy atom. The zero-order chi connectivity index (χ0) is 16.1. The first kappa shape index (κ1) is 16.3. The van der Waals surface area contributed by atoms with Crippen LogP contribution < -0.4 is 0 Å². The fourth-order valence-electron chi connectivity index (χ4n) is 2.77. The Kier molecular flexibility index (Phi) is 5.39. The van der Waals surface area contributed by atoms with Crippen molar-refractivity contribution in [3.8, 4) is 6.07 Å². The molecular formula is C15H22N4O3. The van der Waals surface area contributed by atoms with Gasteiger partial charge in [-0.1, -0.05) is 0 Å². The van der Waals surface area contributed by atoms with Crippen molar-refractivity contribution in [3.63, 3.8) is 0 Å². The predicted molar refractivity (Wildman–Crippen MR) is 79.7 cm³/mol. The smallest absolute Gasteiger partial charge is 0.306 e. The Balaban J connectivity index is 1.95. The number of hydrogen-bond donors (Lipinski definition) is 1. The zero-order valence-corrected chi connectivity index (χ0v) is 12.9. The number of nitrogens with zero attached hydrogens (tertiary/aromatic N) is 4. The molecule has 0 radical (unpaired) electrons. The lowest BCUT2D eigenvalue weighted by atomic mass is 9.97. The van der Waals surface area contributed by atoms with E-state index in [2.05, 4.69) is 4.90 Å². The summed E-state index contributed by atoms with van der Waals surface area (Å²) in [5.74, 6) is -1.47. The van der Waals surface area contributed by atoms with Crippen molar-refractivity contribution in [2.24, 2.45) is 5.92 Å². The molecule has 2 fully saturated rings. The third-order valence-corrected chi connectivity index (χ3v) is 4.33. The normalized spacial score (nSPS) is 21.5. The van der Waals surface area contributed by atoms with Crippen LogP contribution in [0.2, 0.25) is 0 Å². The standard InChI is InChI=1S/C15H22N4O3/c1-17-6-8-18(9-7-17)11-13(10-16)14(20)19-4-2-12(3-5-19)15(21)22/h11-12H,2-9H2,1H3,(H,21,22)/b13-11-. The van der Waals surface area contributed by atoms with Gasteiger partial charge in [0, 0.05) is 45.5 Å². The van der Waals surface area contributed by atoms with Crippen LogP contribution in [0.5, 0.6) is 0 Å². The van der Waals surface area contributed by atoms with Gasteiger partial charge in [0.15, 0.2) is 0 Å². The predicted octanol–water partition coefficient (Wildman–Crippen LogP) is -0.0355. The van der Waals surface area contributed by atoms with Crippen LogP contribution in [-0.2, 0) is 9.59 Å². The molecule has 0 unspecified atom stereocenters. The maximum atomic E-state index is 12.4. The van der Waals surface area contributed by atoms with Gasteiger partial charge in [0.25, 0.3) is 5.91 Å². The second-order valence-electron chi connectivity index (χ2n) is 5.90. The molecular weight excluding hydrogens is 284 g/mol. The Morgan fingerprint density at radius 3 is 2.23 bits per heavy atom. The highest BCUT2D eigenvalue weighted by atomic mass is 16.4. The molecule has 1 amide bonds. The lowest BCUT2D eigenvalue weighted by molar-refractivity contribution is -0.145. The summed E-state index contributed by atoms with van der Waals surface area (Å²) in [4.78, 5) is 29.1. The average molecular weight is 306 g/mol. The highest BCUT2D eigenvalue weighted by Gasteiger charge is 2.28. The molecule has 0 atom stereocenters. The minimum Gasteiger partial charge on any atom is -0.481 e. The molecule has 0 aromatic carbocycles. The number of piperidine rings is 1. The molecule has 2 heterocycles. The summed E-state index contributed by atoms with van der Waals surface area (Å²) in [6, 6.07) is 1.99. The first-order chi connectivity index (χ1) is 10.5. The highest BCUT2D eigenvalue weighted by molar-refractivity contribution is 5.97. The lowest BCUT2D eigenvalue weighted by Crippen LogP contribution is -2.43. The summed E-state index contributed by atoms with van der Waals surface area (Å²) in [5, 5.41) is 18.2. The van der Waals surface area contributed by atoms with Crippen LogP contribution >= 0.6 is 0 Å². The molecule has 0 aromatic rings. The zero-order valence-electron chi connectivity index (χ0n) is 12.9. The van der Waals surface area contributed by atoms with Gasteiger partial charge in [-0.15, -0.1) is 0 Å². The number of carboxylic acids is 1. The summed E-state index contributed by atoms with van der Waals surface area (Å²) in [5.41, 5.74) is 0.137. The first-order valence-electron chi connectivity index (χ1n) is 7.58. The van der Waals surface area contributed by atoms with Crippen molar-refractivity contribution in [3.05, 3.63) is 11.8 Å². The third kappa shape index (κ3) is 3.98. The number of piperazine rings is 1. The summed E-state index contributed by atoms with van der Waals surface area (Å²) in [6.45, 7) is 4.22. The van der Waals surface area contributed by atoms with Crippen molar-refractivity contribution >= 4 is 11.9 Å². The van der Waals surface area contributed by atoms with Crippen LogP contribution in [0.1, 0.15) is 12.8 Å². The molecule has 120 valence electrons. The minimum atomic E-state index is -0.805. The van der Waals surface area contributed by atoms with Crippen LogP contribution in [0.3, 0.4) is 0 Å². The van der Waals surface area contributed by atoms with Gasteiger partial charge in [-0.3, -0.25) is 9.59 Å². The van der Waals surface area contributed by atoms with Crippen molar-refractivity contribution in [1.29, 1.82) is 5.26 Å². The lowest BCUT2D eigenvalue weighted by Gasteiger charge is -2.33. The van der Waals surface area contributed by atoms with Crippen LogP contribution in [0.4, 0.5) is 0 Å². The van der Waals surface area contributed by atoms with Crippen molar-refractivity contribution in [2.45, 2.75) is 12.8 Å². The van der Waals surface area contributed by atoms with E-state index >= 15 is 0 Å². The number of hydrogen-bond acceptors (Lipinski definition) is 5. The van der Waals surface area contributed by atoms with E-state index in [0.717, 1.165) is 26.2 Å². The summed E-state index contributed by atoms with van der Waals surface area (Å²) < 4.78 is 0. The molecule has 0 aromatic heterocycles. The van der Waals surface area contributed by atoms with E-state index in [1.807, 2.05) is 18.0 Å². The number of aliphatic carboxylic acids is 1. The average Bonchev–Trinajstić information content (AvgIpc) is 2.53. The molecule has 0 saturated carbocycles. The third-order valence-electron chi connectivity index (χ3n) is 4.33. The number of nitriles is 1. The maximum absolute atomic E-state index is 12.4. The summed E-state index contributed by atoms with van der Waals surface area (Å²) in [6.07, 6.45) is 2.56. The fraction of sp³-hybridized carbons (Fsp3) is 0.667. The van der Waals surface area contributed by atoms with E-state index in [1.165, 1.54) is 0 Å². The quantitative estimate of drug-likeness (QED) is 0.582. The molecule has 0 bridgehead atoms. The number of amides is 1. The van der Waals surface area contributed by atoms with Gasteiger partial charge in [0.2, 0.25) is 0 Å². The molecule has 2 aliphatic rings. The van der Waals surface area contributed by atoms with Crippen molar-refractivity contribution < 1.29 is 14.7 Å². The number of rotatable bonds is 3. The van der Waals surface area contributed by atoms with Crippen LogP contribution in [0.15, 0.2) is 11.8 Å². The topological polar surface area (TPSA) is 87.9 Å². The monoisotopic (exact) mass is 306 g/mol. The van der Waals surface area contributed by atoms with Gasteiger partial charge in [-0.05, 0) is 19.9 Å². The van der Waals surface area contributed by atoms with Gasteiger partial charge >= 0.3 is 5.97 Å². The van der Waals surface area contributed by atoms with Crippen LogP contribution in [0, 0.1) is 17.2 Å². The van der Waals surface area contributed by atoms with Crippen LogP contribution in [0.25, 0.3) is 0 Å². The largest absolute Gasteiger partial charge is 0.481 e. The number of likely N-dealkylation sites (N-methyl/N-ethyl adjacent to an activating group) is 1. The van der Waals surface area contributed by atoms with E-state index < -0.39 is 5.97 Å². The molecule has 2 saturated heterocycles. The number of carbonyl (C=O) groups excluding carboxylic acids is 1. The first-order valence-corrected chi connectivity index (χ1v) is 7.58. The van der Waals surface area contributed by atoms with Crippen molar-refractivity contribution in [1.82, 2.24) is 14.7 Å². The Hall–Kier alpha value is -2.07. The van der Waals surface area contributed by atoms with Gasteiger partial charge < -0.3 is 19.8 Å². The van der Waals surface area contributed by atoms with Gasteiger partial charge in [-0.2, -0.15) is 5.26 Å². The number of likely N-dealkylation sites (tertiary alicyclic amines) is 1. The minimum absolute atomic E-state index is 0.137. The maximum Gasteiger partial charge on any atom is 0.306 e. The second-order valence-corrected chi connectivity index (χ2v) is 5.90. The molecule has 22 heavy (non-hydrogen) atoms. The van der Waals surface area contributed by atoms with Gasteiger partial charge in [0.05, 0.1) is 5.92 Å². The summed E-state index contributed by atoms with van der Waals surface area (Å²) in [7, 11) is 2.05. The highest BCUT2D eigenvalue weighted by Crippen LogP contribution is 2.19. The molecule has 0 aliphatic carbocycles. The van der Waals surface area contributed by atoms with E-state index in [1.54, 1.807) is 11.1 Å². The van der Waals surface area contributed by atoms with Crippen LogP contribution in [-0.4, -0.2) is 78.0 Å². The molecule has 7 nitrogen and oxygen atoms in total. The Morgan fingerprint density at radius 1 is 1.14 bits per heavy atom. The van der Waals surface area contributed by atoms with E-state index in [-0.39, 0.29) is 17.4 Å². The van der Waals surface area contributed by atoms with E-state index in [9.17, 15) is 14.9 Å². The SMILES string of the molecule is CN1CCN(/C=C(/C#N)C(=O)N2CCC(C(=O)O)CC2)CC1.